The molecule has 0 N–H and O–H groups in total. The molecule has 0 spiro atoms. The van der Waals surface area contributed by atoms with E-state index in [0.29, 0.717) is 23.6 Å². The Hall–Kier alpha value is -1.04. The highest BCUT2D eigenvalue weighted by molar-refractivity contribution is 9.09. The fraction of sp³-hybridized carbons (Fsp3) is 0.667. The Bertz CT molecular complexity index is 381. The molecule has 1 unspecified atom stereocenters. The molecular formula is C12H18BrN3O2. The summed E-state index contributed by atoms with van der Waals surface area (Å²) in [5.74, 6) is 2.42. The second-order valence-corrected chi connectivity index (χ2v) is 5.01. The highest BCUT2D eigenvalue weighted by Gasteiger charge is 2.22. The zero-order valence-corrected chi connectivity index (χ0v) is 12.3. The van der Waals surface area contributed by atoms with E-state index < -0.39 is 0 Å². The molecule has 1 fully saturated rings. The number of halogens is 1. The molecule has 2 heterocycles. The van der Waals surface area contributed by atoms with Crippen LogP contribution in [0.3, 0.4) is 0 Å². The van der Waals surface area contributed by atoms with Gasteiger partial charge >= 0.3 is 0 Å². The number of hydrogen-bond donors (Lipinski definition) is 0. The molecule has 0 aliphatic carbocycles. The van der Waals surface area contributed by atoms with Crippen LogP contribution in [0.25, 0.3) is 0 Å². The van der Waals surface area contributed by atoms with E-state index in [-0.39, 0.29) is 0 Å². The Labute approximate surface area is 116 Å². The van der Waals surface area contributed by atoms with Crippen LogP contribution >= 0.6 is 15.9 Å². The SMILES string of the molecule is COc1cc(OC)nc(N2CCCC(CBr)C2)n1. The van der Waals surface area contributed by atoms with Crippen molar-refractivity contribution >= 4 is 21.9 Å². The molecule has 0 amide bonds. The van der Waals surface area contributed by atoms with Gasteiger partial charge in [0.2, 0.25) is 17.7 Å². The molecule has 0 saturated carbocycles. The van der Waals surface area contributed by atoms with Gasteiger partial charge in [-0.05, 0) is 18.8 Å². The molecule has 2 rings (SSSR count). The van der Waals surface area contributed by atoms with Crippen molar-refractivity contribution in [3.63, 3.8) is 0 Å². The van der Waals surface area contributed by atoms with Gasteiger partial charge in [-0.3, -0.25) is 0 Å². The van der Waals surface area contributed by atoms with Crippen LogP contribution in [0.5, 0.6) is 11.8 Å². The maximum atomic E-state index is 5.17. The lowest BCUT2D eigenvalue weighted by Gasteiger charge is -2.32. The summed E-state index contributed by atoms with van der Waals surface area (Å²) in [6, 6.07) is 1.69. The number of aromatic nitrogens is 2. The Kier molecular flexibility index (Phi) is 4.63. The van der Waals surface area contributed by atoms with E-state index in [1.54, 1.807) is 20.3 Å². The molecule has 1 saturated heterocycles. The highest BCUT2D eigenvalue weighted by Crippen LogP contribution is 2.25. The number of alkyl halides is 1. The molecule has 100 valence electrons. The van der Waals surface area contributed by atoms with Gasteiger partial charge in [-0.25, -0.2) is 0 Å². The van der Waals surface area contributed by atoms with E-state index in [2.05, 4.69) is 30.8 Å². The standard InChI is InChI=1S/C12H18BrN3O2/c1-17-10-6-11(18-2)15-12(14-10)16-5-3-4-9(7-13)8-16/h6,9H,3-5,7-8H2,1-2H3. The van der Waals surface area contributed by atoms with Gasteiger partial charge in [0, 0.05) is 18.4 Å². The first-order chi connectivity index (χ1) is 8.76. The van der Waals surface area contributed by atoms with Crippen molar-refractivity contribution in [2.45, 2.75) is 12.8 Å². The van der Waals surface area contributed by atoms with E-state index in [9.17, 15) is 0 Å². The van der Waals surface area contributed by atoms with Gasteiger partial charge < -0.3 is 14.4 Å². The summed E-state index contributed by atoms with van der Waals surface area (Å²) in [7, 11) is 3.20. The summed E-state index contributed by atoms with van der Waals surface area (Å²) in [5.41, 5.74) is 0. The van der Waals surface area contributed by atoms with Crippen molar-refractivity contribution in [1.82, 2.24) is 9.97 Å². The monoisotopic (exact) mass is 315 g/mol. The van der Waals surface area contributed by atoms with Crippen LogP contribution in [0.2, 0.25) is 0 Å². The number of hydrogen-bond acceptors (Lipinski definition) is 5. The summed E-state index contributed by atoms with van der Waals surface area (Å²) >= 11 is 3.55. The summed E-state index contributed by atoms with van der Waals surface area (Å²) in [4.78, 5) is 11.0. The van der Waals surface area contributed by atoms with Crippen LogP contribution < -0.4 is 14.4 Å². The average molecular weight is 316 g/mol. The quantitative estimate of drug-likeness (QED) is 0.796. The van der Waals surface area contributed by atoms with E-state index >= 15 is 0 Å². The van der Waals surface area contributed by atoms with Crippen molar-refractivity contribution in [2.75, 3.05) is 37.5 Å². The second-order valence-electron chi connectivity index (χ2n) is 4.36. The lowest BCUT2D eigenvalue weighted by atomic mass is 10.0. The Morgan fingerprint density at radius 2 is 2.00 bits per heavy atom. The first-order valence-electron chi connectivity index (χ1n) is 6.04. The lowest BCUT2D eigenvalue weighted by molar-refractivity contribution is 0.368. The summed E-state index contributed by atoms with van der Waals surface area (Å²) in [6.07, 6.45) is 2.42. The van der Waals surface area contributed by atoms with Crippen molar-refractivity contribution in [3.05, 3.63) is 6.07 Å². The molecule has 1 aliphatic rings. The van der Waals surface area contributed by atoms with E-state index in [1.165, 1.54) is 12.8 Å². The van der Waals surface area contributed by atoms with Crippen LogP contribution in [0.1, 0.15) is 12.8 Å². The van der Waals surface area contributed by atoms with Crippen LogP contribution in [0, 0.1) is 5.92 Å². The first-order valence-corrected chi connectivity index (χ1v) is 7.17. The molecule has 0 bridgehead atoms. The smallest absolute Gasteiger partial charge is 0.231 e. The first kappa shape index (κ1) is 13.4. The predicted molar refractivity (Wildman–Crippen MR) is 73.9 cm³/mol. The summed E-state index contributed by atoms with van der Waals surface area (Å²) in [6.45, 7) is 1.96. The molecule has 1 atom stereocenters. The van der Waals surface area contributed by atoms with Gasteiger partial charge in [-0.1, -0.05) is 15.9 Å². The number of piperidine rings is 1. The lowest BCUT2D eigenvalue weighted by Crippen LogP contribution is -2.37. The molecular weight excluding hydrogens is 298 g/mol. The van der Waals surface area contributed by atoms with E-state index in [4.69, 9.17) is 9.47 Å². The number of nitrogens with zero attached hydrogens (tertiary/aromatic N) is 3. The third-order valence-electron chi connectivity index (χ3n) is 3.11. The van der Waals surface area contributed by atoms with E-state index in [0.717, 1.165) is 18.4 Å². The second kappa shape index (κ2) is 6.22. The van der Waals surface area contributed by atoms with Crippen molar-refractivity contribution in [3.8, 4) is 11.8 Å². The van der Waals surface area contributed by atoms with Crippen LogP contribution in [0.4, 0.5) is 5.95 Å². The van der Waals surface area contributed by atoms with Gasteiger partial charge in [0.05, 0.1) is 20.3 Å². The van der Waals surface area contributed by atoms with Gasteiger partial charge in [0.1, 0.15) is 0 Å². The molecule has 1 aromatic rings. The normalized spacial score (nSPS) is 19.7. The number of anilines is 1. The van der Waals surface area contributed by atoms with Gasteiger partial charge in [0.25, 0.3) is 0 Å². The van der Waals surface area contributed by atoms with Crippen LogP contribution in [-0.4, -0.2) is 42.6 Å². The van der Waals surface area contributed by atoms with E-state index in [1.807, 2.05) is 0 Å². The minimum Gasteiger partial charge on any atom is -0.481 e. The third kappa shape index (κ3) is 3.04. The number of rotatable bonds is 4. The fourth-order valence-electron chi connectivity index (χ4n) is 2.12. The third-order valence-corrected chi connectivity index (χ3v) is 4.02. The largest absolute Gasteiger partial charge is 0.481 e. The van der Waals surface area contributed by atoms with Gasteiger partial charge in [0.15, 0.2) is 0 Å². The Morgan fingerprint density at radius 3 is 2.56 bits per heavy atom. The molecule has 6 heteroatoms. The highest BCUT2D eigenvalue weighted by atomic mass is 79.9. The topological polar surface area (TPSA) is 47.5 Å². The molecule has 0 radical (unpaired) electrons. The maximum Gasteiger partial charge on any atom is 0.231 e. The Balaban J connectivity index is 2.20. The molecule has 1 aromatic heterocycles. The van der Waals surface area contributed by atoms with Crippen molar-refractivity contribution in [1.29, 1.82) is 0 Å². The number of ether oxygens (including phenoxy) is 2. The minimum absolute atomic E-state index is 0.540. The van der Waals surface area contributed by atoms with Gasteiger partial charge in [-0.15, -0.1) is 0 Å². The van der Waals surface area contributed by atoms with Crippen molar-refractivity contribution in [2.24, 2.45) is 5.92 Å². The van der Waals surface area contributed by atoms with Crippen molar-refractivity contribution < 1.29 is 9.47 Å². The average Bonchev–Trinajstić information content (AvgIpc) is 2.46. The van der Waals surface area contributed by atoms with Crippen LogP contribution in [-0.2, 0) is 0 Å². The predicted octanol–water partition coefficient (Wildman–Crippen LogP) is 2.11. The Morgan fingerprint density at radius 1 is 1.33 bits per heavy atom. The maximum absolute atomic E-state index is 5.17. The van der Waals surface area contributed by atoms with Gasteiger partial charge in [-0.2, -0.15) is 9.97 Å². The summed E-state index contributed by atoms with van der Waals surface area (Å²) < 4.78 is 10.3. The fourth-order valence-corrected chi connectivity index (χ4v) is 2.64. The van der Waals surface area contributed by atoms with Crippen LogP contribution in [0.15, 0.2) is 6.07 Å². The molecule has 18 heavy (non-hydrogen) atoms. The molecule has 1 aliphatic heterocycles. The summed E-state index contributed by atoms with van der Waals surface area (Å²) in [5, 5.41) is 1.02. The molecule has 0 aromatic carbocycles. The zero-order chi connectivity index (χ0) is 13.0. The zero-order valence-electron chi connectivity index (χ0n) is 10.7. The molecule has 5 nitrogen and oxygen atoms in total. The minimum atomic E-state index is 0.540. The number of methoxy groups -OCH3 is 2.